The molecule has 1 amide bonds. The third-order valence-electron chi connectivity index (χ3n) is 6.04. The van der Waals surface area contributed by atoms with Gasteiger partial charge in [-0.15, -0.1) is 0 Å². The van der Waals surface area contributed by atoms with Crippen LogP contribution in [0.1, 0.15) is 48.3 Å². The van der Waals surface area contributed by atoms with Gasteiger partial charge in [0, 0.05) is 56.1 Å². The van der Waals surface area contributed by atoms with Crippen molar-refractivity contribution in [2.75, 3.05) is 18.4 Å². The van der Waals surface area contributed by atoms with Crippen LogP contribution < -0.4 is 5.32 Å². The molecule has 1 N–H and O–H groups in total. The molecule has 0 radical (unpaired) electrons. The summed E-state index contributed by atoms with van der Waals surface area (Å²) >= 11 is 0. The summed E-state index contributed by atoms with van der Waals surface area (Å²) in [5, 5.41) is 14.9. The monoisotopic (exact) mass is 411 g/mol. The second-order valence-electron chi connectivity index (χ2n) is 8.08. The van der Waals surface area contributed by atoms with E-state index >= 15 is 0 Å². The average molecular weight is 411 g/mol. The van der Waals surface area contributed by atoms with Crippen molar-refractivity contribution in [3.05, 3.63) is 52.1 Å². The molecule has 1 saturated heterocycles. The minimum absolute atomic E-state index is 0.0508. The van der Waals surface area contributed by atoms with Gasteiger partial charge in [0.15, 0.2) is 5.82 Å². The van der Waals surface area contributed by atoms with Gasteiger partial charge in [-0.1, -0.05) is 12.8 Å². The Balaban J connectivity index is 1.48. The molecule has 1 saturated carbocycles. The van der Waals surface area contributed by atoms with Crippen molar-refractivity contribution < 1.29 is 14.5 Å². The van der Waals surface area contributed by atoms with E-state index < -0.39 is 4.92 Å². The first-order valence-electron chi connectivity index (χ1n) is 10.3. The third kappa shape index (κ3) is 3.92. The highest BCUT2D eigenvalue weighted by molar-refractivity contribution is 6.07. The molecular weight excluding hydrogens is 386 g/mol. The first-order chi connectivity index (χ1) is 14.4. The number of anilines is 1. The maximum absolute atomic E-state index is 12.6. The molecule has 2 aliphatic rings. The molecule has 0 bridgehead atoms. The van der Waals surface area contributed by atoms with Crippen LogP contribution in [0.5, 0.6) is 0 Å². The summed E-state index contributed by atoms with van der Waals surface area (Å²) in [6.07, 6.45) is 8.05. The number of hydrogen-bond acceptors (Lipinski definition) is 6. The number of nitro benzene ring substituents is 1. The van der Waals surface area contributed by atoms with Gasteiger partial charge in [0.1, 0.15) is 5.69 Å². The van der Waals surface area contributed by atoms with Crippen molar-refractivity contribution in [1.29, 1.82) is 0 Å². The van der Waals surface area contributed by atoms with E-state index in [4.69, 9.17) is 0 Å². The Kier molecular flexibility index (Phi) is 5.52. The Morgan fingerprint density at radius 2 is 2.00 bits per heavy atom. The highest BCUT2D eigenvalue weighted by Crippen LogP contribution is 2.31. The maximum atomic E-state index is 12.6. The first-order valence-corrected chi connectivity index (χ1v) is 10.3. The predicted octanol–water partition coefficient (Wildman–Crippen LogP) is 2.76. The lowest BCUT2D eigenvalue weighted by molar-refractivity contribution is -0.384. The Morgan fingerprint density at radius 1 is 1.23 bits per heavy atom. The highest BCUT2D eigenvalue weighted by Gasteiger charge is 2.33. The maximum Gasteiger partial charge on any atom is 0.293 e. The summed E-state index contributed by atoms with van der Waals surface area (Å²) in [7, 11) is 1.70. The van der Waals surface area contributed by atoms with Crippen molar-refractivity contribution in [2.24, 2.45) is 13.0 Å². The van der Waals surface area contributed by atoms with E-state index in [-0.39, 0.29) is 40.7 Å². The number of aryl methyl sites for hydroxylation is 1. The number of benzene rings is 1. The molecule has 1 aromatic carbocycles. The van der Waals surface area contributed by atoms with Crippen molar-refractivity contribution >= 4 is 23.1 Å². The van der Waals surface area contributed by atoms with Crippen molar-refractivity contribution in [2.45, 2.75) is 38.1 Å². The lowest BCUT2D eigenvalue weighted by atomic mass is 10.1. The number of carbonyl (C=O) groups excluding carboxylic acids is 2. The summed E-state index contributed by atoms with van der Waals surface area (Å²) in [4.78, 5) is 42.3. The molecule has 1 atom stereocenters. The standard InChI is InChI=1S/C21H25N5O4/c1-24-11-9-22-20(24)19(27)15-6-7-17(18(12-15)26(29)30)23-16-8-10-25(13-16)21(28)14-4-2-3-5-14/h6-7,9,11-12,14,16,23H,2-5,8,10,13H2,1H3. The van der Waals surface area contributed by atoms with Gasteiger partial charge < -0.3 is 14.8 Å². The van der Waals surface area contributed by atoms with Crippen LogP contribution in [0, 0.1) is 16.0 Å². The van der Waals surface area contributed by atoms with Crippen molar-refractivity contribution in [1.82, 2.24) is 14.5 Å². The number of imidazole rings is 1. The number of nitro groups is 1. The number of nitrogens with one attached hydrogen (secondary N) is 1. The van der Waals surface area contributed by atoms with E-state index in [2.05, 4.69) is 10.3 Å². The zero-order valence-electron chi connectivity index (χ0n) is 16.9. The molecule has 1 unspecified atom stereocenters. The van der Waals surface area contributed by atoms with Crippen LogP contribution in [-0.2, 0) is 11.8 Å². The molecule has 2 aromatic rings. The van der Waals surface area contributed by atoms with Crippen LogP contribution in [0.4, 0.5) is 11.4 Å². The van der Waals surface area contributed by atoms with E-state index in [0.29, 0.717) is 18.8 Å². The summed E-state index contributed by atoms with van der Waals surface area (Å²) in [5.41, 5.74) is 0.415. The van der Waals surface area contributed by atoms with E-state index in [0.717, 1.165) is 32.1 Å². The largest absolute Gasteiger partial charge is 0.375 e. The summed E-state index contributed by atoms with van der Waals surface area (Å²) in [5.74, 6) is 0.199. The molecule has 1 aliphatic carbocycles. The Morgan fingerprint density at radius 3 is 2.67 bits per heavy atom. The van der Waals surface area contributed by atoms with Gasteiger partial charge in [-0.05, 0) is 31.4 Å². The fraction of sp³-hybridized carbons (Fsp3) is 0.476. The van der Waals surface area contributed by atoms with Crippen LogP contribution in [0.3, 0.4) is 0 Å². The highest BCUT2D eigenvalue weighted by atomic mass is 16.6. The van der Waals surface area contributed by atoms with Crippen LogP contribution in [0.15, 0.2) is 30.6 Å². The zero-order valence-corrected chi connectivity index (χ0v) is 16.9. The molecule has 2 heterocycles. The van der Waals surface area contributed by atoms with Gasteiger partial charge in [-0.3, -0.25) is 19.7 Å². The zero-order chi connectivity index (χ0) is 21.3. The lowest BCUT2D eigenvalue weighted by Gasteiger charge is -2.21. The smallest absolute Gasteiger partial charge is 0.293 e. The third-order valence-corrected chi connectivity index (χ3v) is 6.04. The normalized spacial score (nSPS) is 19.2. The number of rotatable bonds is 6. The van der Waals surface area contributed by atoms with Crippen LogP contribution in [-0.4, -0.2) is 50.2 Å². The predicted molar refractivity (Wildman–Crippen MR) is 110 cm³/mol. The molecule has 9 nitrogen and oxygen atoms in total. The SMILES string of the molecule is Cn1ccnc1C(=O)c1ccc(NC2CCN(C(=O)C3CCCC3)C2)c([N+](=O)[O-])c1. The summed E-state index contributed by atoms with van der Waals surface area (Å²) in [6.45, 7) is 1.21. The molecule has 30 heavy (non-hydrogen) atoms. The van der Waals surface area contributed by atoms with Gasteiger partial charge in [-0.25, -0.2) is 4.98 Å². The van der Waals surface area contributed by atoms with E-state index in [9.17, 15) is 19.7 Å². The molecule has 4 rings (SSSR count). The minimum atomic E-state index is -0.492. The first kappa shape index (κ1) is 20.1. The second-order valence-corrected chi connectivity index (χ2v) is 8.08. The molecule has 1 aliphatic heterocycles. The van der Waals surface area contributed by atoms with Gasteiger partial charge in [0.05, 0.1) is 4.92 Å². The molecule has 9 heteroatoms. The molecule has 0 spiro atoms. The van der Waals surface area contributed by atoms with Crippen LogP contribution in [0.25, 0.3) is 0 Å². The Bertz CT molecular complexity index is 980. The Labute approximate surface area is 174 Å². The van der Waals surface area contributed by atoms with E-state index in [1.807, 2.05) is 4.90 Å². The van der Waals surface area contributed by atoms with E-state index in [1.165, 1.54) is 12.3 Å². The van der Waals surface area contributed by atoms with Gasteiger partial charge in [-0.2, -0.15) is 0 Å². The number of hydrogen-bond donors (Lipinski definition) is 1. The molecular formula is C21H25N5O4. The number of amides is 1. The number of ketones is 1. The number of carbonyl (C=O) groups is 2. The fourth-order valence-corrected chi connectivity index (χ4v) is 4.39. The topological polar surface area (TPSA) is 110 Å². The number of aromatic nitrogens is 2. The fourth-order valence-electron chi connectivity index (χ4n) is 4.39. The van der Waals surface area contributed by atoms with Crippen molar-refractivity contribution in [3.63, 3.8) is 0 Å². The van der Waals surface area contributed by atoms with Gasteiger partial charge in [0.2, 0.25) is 11.7 Å². The second kappa shape index (κ2) is 8.25. The average Bonchev–Trinajstić information content (AvgIpc) is 3.49. The van der Waals surface area contributed by atoms with Gasteiger partial charge in [0.25, 0.3) is 5.69 Å². The number of nitrogens with zero attached hydrogens (tertiary/aromatic N) is 4. The molecule has 2 fully saturated rings. The minimum Gasteiger partial charge on any atom is -0.375 e. The lowest BCUT2D eigenvalue weighted by Crippen LogP contribution is -2.35. The Hall–Kier alpha value is -3.23. The van der Waals surface area contributed by atoms with Gasteiger partial charge >= 0.3 is 0 Å². The van der Waals surface area contributed by atoms with E-state index in [1.54, 1.807) is 29.9 Å². The quantitative estimate of drug-likeness (QED) is 0.445. The van der Waals surface area contributed by atoms with Crippen LogP contribution >= 0.6 is 0 Å². The summed E-state index contributed by atoms with van der Waals surface area (Å²) < 4.78 is 1.58. The van der Waals surface area contributed by atoms with Crippen molar-refractivity contribution in [3.8, 4) is 0 Å². The molecule has 158 valence electrons. The van der Waals surface area contributed by atoms with Crippen LogP contribution in [0.2, 0.25) is 0 Å². The number of likely N-dealkylation sites (tertiary alicyclic amines) is 1. The summed E-state index contributed by atoms with van der Waals surface area (Å²) in [6, 6.07) is 4.37. The molecule has 1 aromatic heterocycles.